The molecule has 1 heterocycles. The van der Waals surface area contributed by atoms with Crippen molar-refractivity contribution in [3.05, 3.63) is 66.2 Å². The number of carbonyl (C=O) groups is 1. The number of rotatable bonds is 6. The van der Waals surface area contributed by atoms with Gasteiger partial charge in [0.05, 0.1) is 10.1 Å². The molecule has 0 spiro atoms. The highest BCUT2D eigenvalue weighted by atomic mass is 32.2. The lowest BCUT2D eigenvalue weighted by atomic mass is 10.1. The number of urea groups is 1. The second-order valence-electron chi connectivity index (χ2n) is 6.54. The first-order valence-electron chi connectivity index (χ1n) is 8.93. The van der Waals surface area contributed by atoms with Crippen LogP contribution in [0.5, 0.6) is 0 Å². The smallest absolute Gasteiger partial charge is 0.317 e. The molecular formula is C20H24N2O3S. The van der Waals surface area contributed by atoms with Crippen molar-refractivity contribution in [2.75, 3.05) is 19.6 Å². The summed E-state index contributed by atoms with van der Waals surface area (Å²) in [5.74, 6) is 0. The van der Waals surface area contributed by atoms with Gasteiger partial charge in [-0.3, -0.25) is 0 Å². The molecule has 1 aliphatic rings. The van der Waals surface area contributed by atoms with Gasteiger partial charge in [-0.2, -0.15) is 0 Å². The molecule has 1 atom stereocenters. The molecule has 1 N–H and O–H groups in total. The zero-order valence-electron chi connectivity index (χ0n) is 14.7. The van der Waals surface area contributed by atoms with Crippen molar-refractivity contribution in [2.45, 2.75) is 29.4 Å². The number of hydrogen-bond donors (Lipinski definition) is 1. The monoisotopic (exact) mass is 372 g/mol. The number of likely N-dealkylation sites (tertiary alicyclic amines) is 1. The minimum atomic E-state index is -3.39. The highest BCUT2D eigenvalue weighted by molar-refractivity contribution is 7.92. The Kier molecular flexibility index (Phi) is 5.93. The lowest BCUT2D eigenvalue weighted by Gasteiger charge is -2.17. The second-order valence-corrected chi connectivity index (χ2v) is 8.76. The van der Waals surface area contributed by atoms with Crippen LogP contribution < -0.4 is 5.32 Å². The Morgan fingerprint density at radius 1 is 1.04 bits per heavy atom. The lowest BCUT2D eigenvalue weighted by molar-refractivity contribution is 0.209. The maximum atomic E-state index is 12.7. The summed E-state index contributed by atoms with van der Waals surface area (Å²) in [5, 5.41) is 2.37. The largest absolute Gasteiger partial charge is 0.338 e. The van der Waals surface area contributed by atoms with E-state index in [0.717, 1.165) is 12.8 Å². The number of sulfone groups is 1. The van der Waals surface area contributed by atoms with Gasteiger partial charge in [0.2, 0.25) is 0 Å². The van der Waals surface area contributed by atoms with Gasteiger partial charge in [0.25, 0.3) is 0 Å². The number of carbonyl (C=O) groups excluding carboxylic acids is 1. The van der Waals surface area contributed by atoms with E-state index >= 15 is 0 Å². The molecule has 2 amide bonds. The molecular weight excluding hydrogens is 348 g/mol. The van der Waals surface area contributed by atoms with Gasteiger partial charge in [-0.05, 0) is 37.0 Å². The molecule has 0 aromatic heterocycles. The van der Waals surface area contributed by atoms with Crippen molar-refractivity contribution in [3.63, 3.8) is 0 Å². The highest BCUT2D eigenvalue weighted by Gasteiger charge is 2.35. The fraction of sp³-hybridized carbons (Fsp3) is 0.350. The summed E-state index contributed by atoms with van der Waals surface area (Å²) in [6, 6.07) is 18.4. The molecule has 2 aromatic carbocycles. The molecule has 26 heavy (non-hydrogen) atoms. The van der Waals surface area contributed by atoms with Gasteiger partial charge in [0, 0.05) is 19.6 Å². The average Bonchev–Trinajstić information content (AvgIpc) is 3.18. The minimum absolute atomic E-state index is 0.177. The summed E-state index contributed by atoms with van der Waals surface area (Å²) in [7, 11) is -3.39. The van der Waals surface area contributed by atoms with E-state index < -0.39 is 15.1 Å². The van der Waals surface area contributed by atoms with E-state index in [1.54, 1.807) is 35.2 Å². The average molecular weight is 372 g/mol. The first-order chi connectivity index (χ1) is 12.6. The third-order valence-electron chi connectivity index (χ3n) is 4.70. The minimum Gasteiger partial charge on any atom is -0.338 e. The molecule has 1 saturated heterocycles. The number of aryl methyl sites for hydroxylation is 1. The molecule has 1 unspecified atom stereocenters. The van der Waals surface area contributed by atoms with Crippen molar-refractivity contribution < 1.29 is 13.2 Å². The van der Waals surface area contributed by atoms with Gasteiger partial charge in [-0.15, -0.1) is 0 Å². The van der Waals surface area contributed by atoms with Crippen molar-refractivity contribution in [2.24, 2.45) is 0 Å². The predicted octanol–water partition coefficient (Wildman–Crippen LogP) is 2.88. The fourth-order valence-electron chi connectivity index (χ4n) is 3.21. The van der Waals surface area contributed by atoms with Gasteiger partial charge in [-0.25, -0.2) is 13.2 Å². The van der Waals surface area contributed by atoms with E-state index in [1.165, 1.54) is 5.56 Å². The van der Waals surface area contributed by atoms with Crippen LogP contribution in [0.2, 0.25) is 0 Å². The van der Waals surface area contributed by atoms with Crippen LogP contribution in [0.25, 0.3) is 0 Å². The highest BCUT2D eigenvalue weighted by Crippen LogP contribution is 2.23. The Morgan fingerprint density at radius 3 is 2.38 bits per heavy atom. The molecule has 138 valence electrons. The number of benzene rings is 2. The van der Waals surface area contributed by atoms with E-state index in [0.29, 0.717) is 24.4 Å². The van der Waals surface area contributed by atoms with Crippen molar-refractivity contribution in [1.29, 1.82) is 0 Å². The van der Waals surface area contributed by atoms with Crippen molar-refractivity contribution in [1.82, 2.24) is 10.2 Å². The third kappa shape index (κ3) is 4.43. The topological polar surface area (TPSA) is 66.5 Å². The van der Waals surface area contributed by atoms with E-state index in [2.05, 4.69) is 17.4 Å². The molecule has 1 fully saturated rings. The molecule has 0 saturated carbocycles. The maximum Gasteiger partial charge on any atom is 0.317 e. The summed E-state index contributed by atoms with van der Waals surface area (Å²) < 4.78 is 25.3. The lowest BCUT2D eigenvalue weighted by Crippen LogP contribution is -2.40. The summed E-state index contributed by atoms with van der Waals surface area (Å²) in [5.41, 5.74) is 1.25. The Balaban J connectivity index is 1.47. The number of nitrogens with zero attached hydrogens (tertiary/aromatic N) is 1. The third-order valence-corrected chi connectivity index (χ3v) is 6.90. The van der Waals surface area contributed by atoms with Crippen LogP contribution in [-0.4, -0.2) is 44.2 Å². The molecule has 0 aliphatic carbocycles. The zero-order valence-corrected chi connectivity index (χ0v) is 15.5. The fourth-order valence-corrected chi connectivity index (χ4v) is 4.93. The predicted molar refractivity (Wildman–Crippen MR) is 102 cm³/mol. The summed E-state index contributed by atoms with van der Waals surface area (Å²) in [4.78, 5) is 14.2. The Morgan fingerprint density at radius 2 is 1.69 bits per heavy atom. The van der Waals surface area contributed by atoms with Gasteiger partial charge < -0.3 is 10.2 Å². The maximum absolute atomic E-state index is 12.7. The van der Waals surface area contributed by atoms with Crippen LogP contribution in [-0.2, 0) is 16.3 Å². The van der Waals surface area contributed by atoms with E-state index in [1.807, 2.05) is 18.2 Å². The molecule has 3 rings (SSSR count). The number of nitrogens with one attached hydrogen (secondary N) is 1. The Labute approximate surface area is 154 Å². The summed E-state index contributed by atoms with van der Waals surface area (Å²) in [6.45, 7) is 1.31. The van der Waals surface area contributed by atoms with Gasteiger partial charge >= 0.3 is 6.03 Å². The van der Waals surface area contributed by atoms with Crippen molar-refractivity contribution in [3.8, 4) is 0 Å². The van der Waals surface area contributed by atoms with Crippen molar-refractivity contribution >= 4 is 15.9 Å². The van der Waals surface area contributed by atoms with Gasteiger partial charge in [0.15, 0.2) is 9.84 Å². The molecule has 2 aromatic rings. The van der Waals surface area contributed by atoms with Crippen LogP contribution in [0, 0.1) is 0 Å². The SMILES string of the molecule is O=C(NCCCc1ccccc1)N1CCC(S(=O)(=O)c2ccccc2)C1. The standard InChI is InChI=1S/C20H24N2O3S/c23-20(21-14-7-10-17-8-3-1-4-9-17)22-15-13-19(16-22)26(24,25)18-11-5-2-6-12-18/h1-6,8-9,11-12,19H,7,10,13-16H2,(H,21,23). The van der Waals surface area contributed by atoms with E-state index in [4.69, 9.17) is 0 Å². The first kappa shape index (κ1) is 18.5. The molecule has 1 aliphatic heterocycles. The summed E-state index contributed by atoms with van der Waals surface area (Å²) >= 11 is 0. The van der Waals surface area contributed by atoms with Gasteiger partial charge in [0.1, 0.15) is 0 Å². The molecule has 6 heteroatoms. The van der Waals surface area contributed by atoms with E-state index in [9.17, 15) is 13.2 Å². The van der Waals surface area contributed by atoms with Crippen LogP contribution in [0.15, 0.2) is 65.6 Å². The number of hydrogen-bond acceptors (Lipinski definition) is 3. The Hall–Kier alpha value is -2.34. The van der Waals surface area contributed by atoms with Crippen LogP contribution in [0.4, 0.5) is 4.79 Å². The molecule has 0 bridgehead atoms. The second kappa shape index (κ2) is 8.36. The normalized spacial score (nSPS) is 17.2. The molecule has 0 radical (unpaired) electrons. The van der Waals surface area contributed by atoms with E-state index in [-0.39, 0.29) is 12.6 Å². The zero-order chi connectivity index (χ0) is 18.4. The van der Waals surface area contributed by atoms with Crippen LogP contribution in [0.3, 0.4) is 0 Å². The molecule has 5 nitrogen and oxygen atoms in total. The number of amides is 2. The van der Waals surface area contributed by atoms with Gasteiger partial charge in [-0.1, -0.05) is 48.5 Å². The Bertz CT molecular complexity index is 823. The summed E-state index contributed by atoms with van der Waals surface area (Å²) in [6.07, 6.45) is 2.25. The first-order valence-corrected chi connectivity index (χ1v) is 10.5. The van der Waals surface area contributed by atoms with Crippen LogP contribution in [0.1, 0.15) is 18.4 Å². The quantitative estimate of drug-likeness (QED) is 0.793. The van der Waals surface area contributed by atoms with Crippen LogP contribution >= 0.6 is 0 Å².